The maximum Gasteiger partial charge on any atom is 0.170 e. The van der Waals surface area contributed by atoms with Gasteiger partial charge in [0.25, 0.3) is 0 Å². The van der Waals surface area contributed by atoms with Crippen molar-refractivity contribution in [3.05, 3.63) is 113 Å². The highest BCUT2D eigenvalue weighted by atomic mass is 32.1. The van der Waals surface area contributed by atoms with Gasteiger partial charge in [-0.3, -0.25) is 9.97 Å². The van der Waals surface area contributed by atoms with E-state index in [0.717, 1.165) is 16.5 Å². The van der Waals surface area contributed by atoms with Gasteiger partial charge >= 0.3 is 0 Å². The highest BCUT2D eigenvalue weighted by Crippen LogP contribution is 2.42. The van der Waals surface area contributed by atoms with Crippen molar-refractivity contribution in [3.63, 3.8) is 0 Å². The first-order valence-electron chi connectivity index (χ1n) is 11.2. The van der Waals surface area contributed by atoms with Crippen LogP contribution in [0.15, 0.2) is 79.1 Å². The molecule has 3 aromatic heterocycles. The fourth-order valence-electron chi connectivity index (χ4n) is 4.85. The van der Waals surface area contributed by atoms with Gasteiger partial charge in [0, 0.05) is 29.5 Å². The van der Waals surface area contributed by atoms with Crippen LogP contribution in [0, 0.1) is 20.8 Å². The largest absolute Gasteiger partial charge is 0.352 e. The molecule has 0 amide bonds. The normalized spacial score (nSPS) is 17.9. The number of hydrogen-bond donors (Lipinski definition) is 1. The molecule has 0 radical (unpaired) electrons. The summed E-state index contributed by atoms with van der Waals surface area (Å²) < 4.78 is 2.35. The van der Waals surface area contributed by atoms with E-state index in [1.165, 1.54) is 28.2 Å². The number of pyridine rings is 2. The van der Waals surface area contributed by atoms with Gasteiger partial charge in [-0.15, -0.1) is 0 Å². The van der Waals surface area contributed by atoms with Crippen LogP contribution in [0.4, 0.5) is 0 Å². The van der Waals surface area contributed by atoms with Crippen LogP contribution in [-0.4, -0.2) is 24.5 Å². The van der Waals surface area contributed by atoms with Gasteiger partial charge in [-0.2, -0.15) is 0 Å². The summed E-state index contributed by atoms with van der Waals surface area (Å²) in [6.07, 6.45) is 3.67. The van der Waals surface area contributed by atoms with Crippen molar-refractivity contribution in [2.75, 3.05) is 0 Å². The predicted octanol–water partition coefficient (Wildman–Crippen LogP) is 5.37. The maximum absolute atomic E-state index is 5.84. The van der Waals surface area contributed by atoms with E-state index >= 15 is 0 Å². The molecule has 0 spiro atoms. The zero-order chi connectivity index (χ0) is 22.9. The Morgan fingerprint density at radius 2 is 1.64 bits per heavy atom. The van der Waals surface area contributed by atoms with Crippen molar-refractivity contribution >= 4 is 17.3 Å². The molecule has 5 nitrogen and oxygen atoms in total. The molecule has 0 saturated carbocycles. The third-order valence-electron chi connectivity index (χ3n) is 6.40. The van der Waals surface area contributed by atoms with Gasteiger partial charge in [-0.25, -0.2) is 0 Å². The van der Waals surface area contributed by atoms with Crippen molar-refractivity contribution in [2.24, 2.45) is 0 Å². The smallest absolute Gasteiger partial charge is 0.170 e. The zero-order valence-electron chi connectivity index (χ0n) is 19.1. The average molecular weight is 454 g/mol. The Morgan fingerprint density at radius 3 is 2.33 bits per heavy atom. The Hall–Kier alpha value is -3.51. The minimum Gasteiger partial charge on any atom is -0.352 e. The van der Waals surface area contributed by atoms with E-state index in [1.807, 2.05) is 42.7 Å². The van der Waals surface area contributed by atoms with E-state index in [1.54, 1.807) is 0 Å². The molecule has 4 aromatic rings. The molecule has 4 heterocycles. The van der Waals surface area contributed by atoms with E-state index in [-0.39, 0.29) is 12.1 Å². The summed E-state index contributed by atoms with van der Waals surface area (Å²) in [5.74, 6) is 0. The Kier molecular flexibility index (Phi) is 5.68. The van der Waals surface area contributed by atoms with Crippen molar-refractivity contribution in [3.8, 4) is 5.69 Å². The number of rotatable bonds is 5. The molecule has 5 rings (SSSR count). The van der Waals surface area contributed by atoms with E-state index in [9.17, 15) is 0 Å². The zero-order valence-corrected chi connectivity index (χ0v) is 19.9. The molecular weight excluding hydrogens is 426 g/mol. The summed E-state index contributed by atoms with van der Waals surface area (Å²) in [4.78, 5) is 11.5. The van der Waals surface area contributed by atoms with Gasteiger partial charge in [0.05, 0.1) is 30.0 Å². The summed E-state index contributed by atoms with van der Waals surface area (Å²) in [6, 6.07) is 22.8. The number of para-hydroxylation sites is 1. The number of benzene rings is 1. The highest BCUT2D eigenvalue weighted by molar-refractivity contribution is 7.80. The van der Waals surface area contributed by atoms with Gasteiger partial charge in [-0.05, 0) is 80.5 Å². The summed E-state index contributed by atoms with van der Waals surface area (Å²) in [5.41, 5.74) is 8.08. The quantitative estimate of drug-likeness (QED) is 0.412. The van der Waals surface area contributed by atoms with Crippen molar-refractivity contribution < 1.29 is 0 Å². The van der Waals surface area contributed by atoms with Gasteiger partial charge in [0.2, 0.25) is 0 Å². The first kappa shape index (κ1) is 21.3. The second-order valence-corrected chi connectivity index (χ2v) is 8.91. The van der Waals surface area contributed by atoms with Crippen LogP contribution in [0.3, 0.4) is 0 Å². The molecule has 0 bridgehead atoms. The van der Waals surface area contributed by atoms with Crippen LogP contribution in [0.2, 0.25) is 0 Å². The van der Waals surface area contributed by atoms with Gasteiger partial charge in [-0.1, -0.05) is 30.3 Å². The standard InChI is InChI=1S/C27H27N5S/c1-18-10-4-5-13-24(18)32-19(2)16-22(20(32)3)26-25(23-12-7-9-15-29-23)30-27(33)31(26)17-21-11-6-8-14-28-21/h4-16,25-26H,17H2,1-3H3,(H,30,33)/t25-,26+/m0/s1. The van der Waals surface area contributed by atoms with Gasteiger partial charge < -0.3 is 14.8 Å². The molecule has 1 aromatic carbocycles. The lowest BCUT2D eigenvalue weighted by Gasteiger charge is -2.28. The average Bonchev–Trinajstić information content (AvgIpc) is 3.30. The molecule has 1 aliphatic heterocycles. The lowest BCUT2D eigenvalue weighted by molar-refractivity contribution is 0.307. The van der Waals surface area contributed by atoms with E-state index in [4.69, 9.17) is 12.2 Å². The monoisotopic (exact) mass is 453 g/mol. The lowest BCUT2D eigenvalue weighted by Crippen LogP contribution is -2.29. The maximum atomic E-state index is 5.84. The van der Waals surface area contributed by atoms with Crippen LogP contribution in [-0.2, 0) is 6.54 Å². The topological polar surface area (TPSA) is 46.0 Å². The van der Waals surface area contributed by atoms with Crippen LogP contribution in [0.5, 0.6) is 0 Å². The minimum absolute atomic E-state index is 0.00151. The summed E-state index contributed by atoms with van der Waals surface area (Å²) in [7, 11) is 0. The SMILES string of the molecule is Cc1ccccc1-n1c(C)cc([C@@H]2[C@H](c3ccccn3)NC(=S)N2Cc2ccccn2)c1C. The minimum atomic E-state index is -0.0479. The molecular formula is C27H27N5S. The highest BCUT2D eigenvalue weighted by Gasteiger charge is 2.41. The Balaban J connectivity index is 1.63. The van der Waals surface area contributed by atoms with E-state index < -0.39 is 0 Å². The Labute approximate surface area is 200 Å². The second-order valence-electron chi connectivity index (χ2n) is 8.52. The molecule has 33 heavy (non-hydrogen) atoms. The number of aryl methyl sites for hydroxylation is 2. The van der Waals surface area contributed by atoms with Crippen molar-refractivity contribution in [1.29, 1.82) is 0 Å². The first-order chi connectivity index (χ1) is 16.0. The summed E-state index contributed by atoms with van der Waals surface area (Å²) >= 11 is 5.84. The molecule has 6 heteroatoms. The van der Waals surface area contributed by atoms with E-state index in [0.29, 0.717) is 6.54 Å². The number of nitrogens with zero attached hydrogens (tertiary/aromatic N) is 4. The van der Waals surface area contributed by atoms with Gasteiger partial charge in [0.15, 0.2) is 5.11 Å². The molecule has 166 valence electrons. The number of aromatic nitrogens is 3. The fraction of sp³-hybridized carbons (Fsp3) is 0.222. The predicted molar refractivity (Wildman–Crippen MR) is 135 cm³/mol. The molecule has 1 saturated heterocycles. The molecule has 0 unspecified atom stereocenters. The third kappa shape index (κ3) is 3.91. The van der Waals surface area contributed by atoms with Crippen LogP contribution < -0.4 is 5.32 Å². The summed E-state index contributed by atoms with van der Waals surface area (Å²) in [6.45, 7) is 7.16. The molecule has 0 aliphatic carbocycles. The van der Waals surface area contributed by atoms with Crippen molar-refractivity contribution in [2.45, 2.75) is 39.4 Å². The molecule has 1 fully saturated rings. The Morgan fingerprint density at radius 1 is 0.909 bits per heavy atom. The van der Waals surface area contributed by atoms with Crippen LogP contribution in [0.25, 0.3) is 5.69 Å². The number of hydrogen-bond acceptors (Lipinski definition) is 3. The molecule has 1 N–H and O–H groups in total. The fourth-order valence-corrected chi connectivity index (χ4v) is 5.16. The van der Waals surface area contributed by atoms with E-state index in [2.05, 4.69) is 81.9 Å². The second kappa shape index (κ2) is 8.79. The number of nitrogens with one attached hydrogen (secondary N) is 1. The number of thiocarbonyl (C=S) groups is 1. The van der Waals surface area contributed by atoms with Gasteiger partial charge in [0.1, 0.15) is 0 Å². The third-order valence-corrected chi connectivity index (χ3v) is 6.75. The van der Waals surface area contributed by atoms with Crippen molar-refractivity contribution in [1.82, 2.24) is 24.8 Å². The van der Waals surface area contributed by atoms with Crippen LogP contribution in [0.1, 0.15) is 46.0 Å². The lowest BCUT2D eigenvalue weighted by atomic mass is 9.96. The Bertz CT molecular complexity index is 1280. The first-order valence-corrected chi connectivity index (χ1v) is 11.6. The summed E-state index contributed by atoms with van der Waals surface area (Å²) in [5, 5.41) is 4.28. The molecule has 2 atom stereocenters. The van der Waals surface area contributed by atoms with Crippen LogP contribution >= 0.6 is 12.2 Å². The molecule has 1 aliphatic rings.